The summed E-state index contributed by atoms with van der Waals surface area (Å²) in [5, 5.41) is 36.6. The van der Waals surface area contributed by atoms with Gasteiger partial charge in [-0.15, -0.1) is 0 Å². The molecule has 0 unspecified atom stereocenters. The zero-order valence-electron chi connectivity index (χ0n) is 9.92. The van der Waals surface area contributed by atoms with Crippen molar-refractivity contribution in [1.82, 2.24) is 0 Å². The van der Waals surface area contributed by atoms with E-state index in [-0.39, 0.29) is 59.1 Å². The first-order valence-electron chi connectivity index (χ1n) is 4.23. The molecule has 0 aromatic carbocycles. The van der Waals surface area contributed by atoms with E-state index in [4.69, 9.17) is 5.11 Å². The van der Waals surface area contributed by atoms with Gasteiger partial charge in [0.15, 0.2) is 0 Å². The van der Waals surface area contributed by atoms with Crippen LogP contribution in [0.25, 0.3) is 0 Å². The molecule has 1 heterocycles. The molecule has 0 aliphatic carbocycles. The number of phosphoric acid groups is 1. The Bertz CT molecular complexity index is 299. The summed E-state index contributed by atoms with van der Waals surface area (Å²) in [6, 6.07) is 0. The van der Waals surface area contributed by atoms with Crippen molar-refractivity contribution in [2.75, 3.05) is 13.2 Å². The second kappa shape index (κ2) is 8.38. The largest absolute Gasteiger partial charge is 1.00 e. The van der Waals surface area contributed by atoms with Crippen molar-refractivity contribution < 1.29 is 103 Å². The number of rotatable bonds is 4. The fraction of sp³-hybridized carbons (Fsp3) is 1.00. The molecule has 12 heteroatoms. The summed E-state index contributed by atoms with van der Waals surface area (Å²) in [7, 11) is -5.23. The van der Waals surface area contributed by atoms with Crippen LogP contribution in [0.4, 0.5) is 0 Å². The van der Waals surface area contributed by atoms with Crippen LogP contribution in [0.2, 0.25) is 0 Å². The molecule has 0 radical (unpaired) electrons. The summed E-state index contributed by atoms with van der Waals surface area (Å²) in [4.78, 5) is 20.3. The first-order chi connectivity index (χ1) is 7.19. The van der Waals surface area contributed by atoms with Gasteiger partial charge in [-0.2, -0.15) is 0 Å². The van der Waals surface area contributed by atoms with Gasteiger partial charge in [-0.25, -0.2) is 0 Å². The SMILES string of the molecule is O=P([O-])([O-])OC[C@H]1O[C@](O)(CO)[C@H](O)[C@@H]1O.[Na+].[Na+]. The van der Waals surface area contributed by atoms with E-state index in [0.29, 0.717) is 0 Å². The molecule has 4 N–H and O–H groups in total. The summed E-state index contributed by atoms with van der Waals surface area (Å²) >= 11 is 0. The maximum atomic E-state index is 10.1. The van der Waals surface area contributed by atoms with Gasteiger partial charge >= 0.3 is 59.1 Å². The molecule has 96 valence electrons. The predicted octanol–water partition coefficient (Wildman–Crippen LogP) is -10.4. The average Bonchev–Trinajstić information content (AvgIpc) is 2.40. The minimum Gasteiger partial charge on any atom is -0.790 e. The first kappa shape index (κ1) is 22.2. The number of hydrogen-bond donors (Lipinski definition) is 4. The molecule has 1 aliphatic rings. The van der Waals surface area contributed by atoms with Crippen molar-refractivity contribution in [3.05, 3.63) is 0 Å². The number of aliphatic hydroxyl groups excluding tert-OH is 3. The Morgan fingerprint density at radius 3 is 2.17 bits per heavy atom. The second-order valence-electron chi connectivity index (χ2n) is 3.34. The van der Waals surface area contributed by atoms with Gasteiger partial charge in [-0.3, -0.25) is 0 Å². The van der Waals surface area contributed by atoms with E-state index in [0.717, 1.165) is 0 Å². The van der Waals surface area contributed by atoms with Crippen LogP contribution < -0.4 is 68.9 Å². The second-order valence-corrected chi connectivity index (χ2v) is 4.49. The van der Waals surface area contributed by atoms with Crippen LogP contribution in [0.15, 0.2) is 0 Å². The molecule has 0 saturated carbocycles. The Labute approximate surface area is 147 Å². The maximum absolute atomic E-state index is 10.1. The van der Waals surface area contributed by atoms with Crippen LogP contribution in [-0.2, 0) is 13.8 Å². The molecule has 1 fully saturated rings. The zero-order chi connectivity index (χ0) is 12.6. The summed E-state index contributed by atoms with van der Waals surface area (Å²) in [5.74, 6) is -2.40. The first-order valence-corrected chi connectivity index (χ1v) is 5.69. The van der Waals surface area contributed by atoms with Crippen LogP contribution in [0.1, 0.15) is 0 Å². The van der Waals surface area contributed by atoms with Crippen molar-refractivity contribution >= 4 is 7.82 Å². The summed E-state index contributed by atoms with van der Waals surface area (Å²) in [6.45, 7) is -1.86. The molecule has 4 atom stereocenters. The van der Waals surface area contributed by atoms with E-state index in [1.165, 1.54) is 0 Å². The Morgan fingerprint density at radius 1 is 1.33 bits per heavy atom. The van der Waals surface area contributed by atoms with Crippen LogP contribution in [0, 0.1) is 0 Å². The van der Waals surface area contributed by atoms with Gasteiger partial charge in [0.1, 0.15) is 18.3 Å². The van der Waals surface area contributed by atoms with Gasteiger partial charge in [0, 0.05) is 0 Å². The molecule has 9 nitrogen and oxygen atoms in total. The predicted molar refractivity (Wildman–Crippen MR) is 42.5 cm³/mol. The van der Waals surface area contributed by atoms with Crippen LogP contribution in [0.5, 0.6) is 0 Å². The van der Waals surface area contributed by atoms with Gasteiger partial charge < -0.3 is 44.0 Å². The molecule has 0 bridgehead atoms. The Hall–Kier alpha value is 1.91. The zero-order valence-corrected chi connectivity index (χ0v) is 14.8. The van der Waals surface area contributed by atoms with Crippen molar-refractivity contribution in [3.63, 3.8) is 0 Å². The molecule has 0 aromatic rings. The Morgan fingerprint density at radius 2 is 1.83 bits per heavy atom. The monoisotopic (exact) mass is 304 g/mol. The smallest absolute Gasteiger partial charge is 0.790 e. The fourth-order valence-corrected chi connectivity index (χ4v) is 1.63. The van der Waals surface area contributed by atoms with Gasteiger partial charge in [-0.1, -0.05) is 0 Å². The molecule has 1 saturated heterocycles. The molecule has 1 rings (SSSR count). The molecule has 1 aliphatic heterocycles. The van der Waals surface area contributed by atoms with Crippen molar-refractivity contribution in [2.24, 2.45) is 0 Å². The van der Waals surface area contributed by atoms with Crippen molar-refractivity contribution in [3.8, 4) is 0 Å². The van der Waals surface area contributed by atoms with Crippen LogP contribution in [-0.4, -0.2) is 57.7 Å². The number of ether oxygens (including phenoxy) is 1. The minimum absolute atomic E-state index is 0. The third kappa shape index (κ3) is 5.72. The van der Waals surface area contributed by atoms with Crippen LogP contribution in [0.3, 0.4) is 0 Å². The van der Waals surface area contributed by atoms with E-state index in [1.807, 2.05) is 0 Å². The van der Waals surface area contributed by atoms with Crippen molar-refractivity contribution in [1.29, 1.82) is 0 Å². The quantitative estimate of drug-likeness (QED) is 0.292. The van der Waals surface area contributed by atoms with Crippen molar-refractivity contribution in [2.45, 2.75) is 24.1 Å². The Kier molecular flexibility index (Phi) is 10.3. The van der Waals surface area contributed by atoms with E-state index < -0.39 is 45.1 Å². The fourth-order valence-electron chi connectivity index (χ4n) is 1.30. The topological polar surface area (TPSA) is 163 Å². The normalized spacial score (nSPS) is 35.8. The molecular formula is C6H11Na2O9P. The number of hydrogen-bond acceptors (Lipinski definition) is 9. The summed E-state index contributed by atoms with van der Waals surface area (Å²) < 4.78 is 18.6. The third-order valence-electron chi connectivity index (χ3n) is 2.15. The van der Waals surface area contributed by atoms with E-state index in [9.17, 15) is 29.7 Å². The molecule has 0 aromatic heterocycles. The van der Waals surface area contributed by atoms with Gasteiger partial charge in [0.05, 0.1) is 21.0 Å². The van der Waals surface area contributed by atoms with Gasteiger partial charge in [-0.05, 0) is 0 Å². The Balaban J connectivity index is 0. The van der Waals surface area contributed by atoms with Gasteiger partial charge in [0.2, 0.25) is 5.79 Å². The maximum Gasteiger partial charge on any atom is 1.00 e. The average molecular weight is 304 g/mol. The third-order valence-corrected chi connectivity index (χ3v) is 2.61. The molecule has 18 heavy (non-hydrogen) atoms. The van der Waals surface area contributed by atoms with E-state index in [1.54, 1.807) is 0 Å². The standard InChI is InChI=1S/C6H13O9P.2Na/c7-2-6(10)5(9)4(8)3(15-6)1-14-16(11,12)13;;/h3-5,7-10H,1-2H2,(H2,11,12,13);;/q;2*+1/p-2/t3-,4-,5-,6-;;/m1../s1. The molecular weight excluding hydrogens is 293 g/mol. The number of aliphatic hydroxyl groups is 4. The van der Waals surface area contributed by atoms with E-state index >= 15 is 0 Å². The van der Waals surface area contributed by atoms with Gasteiger partial charge in [0.25, 0.3) is 0 Å². The molecule has 0 amide bonds. The summed E-state index contributed by atoms with van der Waals surface area (Å²) in [6.07, 6.45) is -4.93. The van der Waals surface area contributed by atoms with Crippen LogP contribution >= 0.6 is 7.82 Å². The molecule has 0 spiro atoms. The number of phosphoric ester groups is 1. The van der Waals surface area contributed by atoms with E-state index in [2.05, 4.69) is 9.26 Å². The summed E-state index contributed by atoms with van der Waals surface area (Å²) in [5.41, 5.74) is 0. The minimum atomic E-state index is -5.23.